The number of hydrogen-bond donors (Lipinski definition) is 1. The molecule has 28 heavy (non-hydrogen) atoms. The molecule has 1 aliphatic rings. The van der Waals surface area contributed by atoms with Gasteiger partial charge in [0.05, 0.1) is 19.3 Å². The molecule has 1 fully saturated rings. The van der Waals surface area contributed by atoms with Crippen LogP contribution in [0.3, 0.4) is 0 Å². The molecule has 0 aliphatic heterocycles. The minimum Gasteiger partial charge on any atom is -0.479 e. The van der Waals surface area contributed by atoms with E-state index in [1.54, 1.807) is 13.8 Å². The van der Waals surface area contributed by atoms with Gasteiger partial charge in [0.25, 0.3) is 5.89 Å². The second-order valence-corrected chi connectivity index (χ2v) is 8.02. The zero-order valence-electron chi connectivity index (χ0n) is 17.0. The summed E-state index contributed by atoms with van der Waals surface area (Å²) in [6.45, 7) is 7.73. The highest BCUT2D eigenvalue weighted by Crippen LogP contribution is 2.29. The van der Waals surface area contributed by atoms with Gasteiger partial charge in [-0.25, -0.2) is 9.78 Å². The number of aliphatic carboxylic acids is 1. The molecule has 0 aromatic carbocycles. The largest absolute Gasteiger partial charge is 0.479 e. The van der Waals surface area contributed by atoms with Crippen LogP contribution in [0.15, 0.2) is 21.0 Å². The Balaban J connectivity index is 1.52. The first-order valence-electron chi connectivity index (χ1n) is 9.76. The van der Waals surface area contributed by atoms with E-state index in [2.05, 4.69) is 4.98 Å². The van der Waals surface area contributed by atoms with Crippen LogP contribution >= 0.6 is 0 Å². The lowest BCUT2D eigenvalue weighted by atomic mass is 9.87. The van der Waals surface area contributed by atoms with Gasteiger partial charge < -0.3 is 23.4 Å². The molecule has 0 saturated heterocycles. The van der Waals surface area contributed by atoms with Crippen LogP contribution in [0.5, 0.6) is 0 Å². The molecule has 0 radical (unpaired) electrons. The number of aromatic nitrogens is 1. The summed E-state index contributed by atoms with van der Waals surface area (Å²) < 4.78 is 23.0. The van der Waals surface area contributed by atoms with Crippen molar-refractivity contribution in [1.29, 1.82) is 0 Å². The highest BCUT2D eigenvalue weighted by molar-refractivity contribution is 5.76. The Morgan fingerprint density at radius 3 is 2.75 bits per heavy atom. The molecule has 7 nitrogen and oxygen atoms in total. The SMILES string of the molecule is Cc1ccc(-c2nc(CO[C@H]3CCCC(COC(C)(C)C(=O)O)C3)c(C)o2)o1. The summed E-state index contributed by atoms with van der Waals surface area (Å²) in [4.78, 5) is 15.7. The van der Waals surface area contributed by atoms with Crippen LogP contribution in [0.4, 0.5) is 0 Å². The van der Waals surface area contributed by atoms with Crippen molar-refractivity contribution in [2.75, 3.05) is 6.61 Å². The van der Waals surface area contributed by atoms with E-state index in [1.807, 2.05) is 26.0 Å². The minimum atomic E-state index is -1.16. The molecule has 7 heteroatoms. The Kier molecular flexibility index (Phi) is 6.25. The van der Waals surface area contributed by atoms with Gasteiger partial charge in [-0.1, -0.05) is 6.42 Å². The minimum absolute atomic E-state index is 0.112. The van der Waals surface area contributed by atoms with Crippen LogP contribution in [0.1, 0.15) is 56.7 Å². The number of carboxylic acids is 1. The summed E-state index contributed by atoms with van der Waals surface area (Å²) in [6, 6.07) is 3.72. The zero-order valence-corrected chi connectivity index (χ0v) is 17.0. The summed E-state index contributed by atoms with van der Waals surface area (Å²) in [7, 11) is 0. The summed E-state index contributed by atoms with van der Waals surface area (Å²) in [5.74, 6) is 1.98. The predicted molar refractivity (Wildman–Crippen MR) is 102 cm³/mol. The summed E-state index contributed by atoms with van der Waals surface area (Å²) in [5.41, 5.74) is -0.388. The van der Waals surface area contributed by atoms with Gasteiger partial charge in [-0.2, -0.15) is 0 Å². The van der Waals surface area contributed by atoms with Crippen LogP contribution in [0, 0.1) is 19.8 Å². The highest BCUT2D eigenvalue weighted by atomic mass is 16.5. The Morgan fingerprint density at radius 2 is 2.07 bits per heavy atom. The number of carboxylic acid groups (broad SMARTS) is 1. The fourth-order valence-electron chi connectivity index (χ4n) is 3.35. The van der Waals surface area contributed by atoms with Crippen LogP contribution in [-0.4, -0.2) is 34.4 Å². The van der Waals surface area contributed by atoms with E-state index in [1.165, 1.54) is 0 Å². The Morgan fingerprint density at radius 1 is 1.29 bits per heavy atom. The van der Waals surface area contributed by atoms with Gasteiger partial charge in [-0.15, -0.1) is 0 Å². The van der Waals surface area contributed by atoms with E-state index in [4.69, 9.17) is 18.3 Å². The van der Waals surface area contributed by atoms with Crippen molar-refractivity contribution in [2.45, 2.75) is 71.7 Å². The lowest BCUT2D eigenvalue weighted by molar-refractivity contribution is -0.163. The quantitative estimate of drug-likeness (QED) is 0.707. The Labute approximate surface area is 165 Å². The van der Waals surface area contributed by atoms with Crippen LogP contribution < -0.4 is 0 Å². The van der Waals surface area contributed by atoms with Crippen molar-refractivity contribution >= 4 is 5.97 Å². The molecule has 2 heterocycles. The first-order valence-corrected chi connectivity index (χ1v) is 9.76. The number of ether oxygens (including phenoxy) is 2. The number of carbonyl (C=O) groups is 1. The number of aryl methyl sites for hydroxylation is 2. The van der Waals surface area contributed by atoms with E-state index >= 15 is 0 Å². The third kappa shape index (κ3) is 5.02. The lowest BCUT2D eigenvalue weighted by Crippen LogP contribution is -2.37. The average molecular weight is 391 g/mol. The van der Waals surface area contributed by atoms with E-state index in [0.29, 0.717) is 30.8 Å². The average Bonchev–Trinajstić information content (AvgIpc) is 3.24. The van der Waals surface area contributed by atoms with Crippen molar-refractivity contribution < 1.29 is 28.2 Å². The second kappa shape index (κ2) is 8.49. The normalized spacial score (nSPS) is 20.4. The van der Waals surface area contributed by atoms with E-state index in [-0.39, 0.29) is 6.10 Å². The molecule has 0 amide bonds. The number of oxazole rings is 1. The van der Waals surface area contributed by atoms with Crippen molar-refractivity contribution in [2.24, 2.45) is 5.92 Å². The molecular weight excluding hydrogens is 362 g/mol. The third-order valence-electron chi connectivity index (χ3n) is 5.23. The molecule has 2 atom stereocenters. The van der Waals surface area contributed by atoms with Crippen molar-refractivity contribution in [3.63, 3.8) is 0 Å². The molecular formula is C21H29NO6. The molecule has 3 rings (SSSR count). The van der Waals surface area contributed by atoms with Gasteiger partial charge in [-0.3, -0.25) is 0 Å². The Bertz CT molecular complexity index is 806. The van der Waals surface area contributed by atoms with Gasteiger partial charge in [0.15, 0.2) is 11.4 Å². The second-order valence-electron chi connectivity index (χ2n) is 8.02. The highest BCUT2D eigenvalue weighted by Gasteiger charge is 2.31. The molecule has 154 valence electrons. The molecule has 1 saturated carbocycles. The number of rotatable bonds is 8. The lowest BCUT2D eigenvalue weighted by Gasteiger charge is -2.31. The fourth-order valence-corrected chi connectivity index (χ4v) is 3.35. The molecule has 0 spiro atoms. The number of hydrogen-bond acceptors (Lipinski definition) is 6. The van der Waals surface area contributed by atoms with Crippen molar-refractivity contribution in [1.82, 2.24) is 4.98 Å². The zero-order chi connectivity index (χ0) is 20.3. The molecule has 2 aromatic heterocycles. The molecule has 1 unspecified atom stereocenters. The monoisotopic (exact) mass is 391 g/mol. The van der Waals surface area contributed by atoms with Gasteiger partial charge >= 0.3 is 5.97 Å². The molecule has 1 N–H and O–H groups in total. The van der Waals surface area contributed by atoms with Gasteiger partial charge in [0.1, 0.15) is 17.2 Å². The standard InChI is InChI=1S/C21H29NO6/c1-13-8-9-18(27-13)19-22-17(14(2)28-19)12-25-16-7-5-6-15(10-16)11-26-21(3,4)20(23)24/h8-9,15-16H,5-7,10-12H2,1-4H3,(H,23,24)/t15?,16-/m0/s1. The maximum absolute atomic E-state index is 11.2. The predicted octanol–water partition coefficient (Wildman–Crippen LogP) is 4.51. The van der Waals surface area contributed by atoms with Crippen LogP contribution in [0.25, 0.3) is 11.7 Å². The summed E-state index contributed by atoms with van der Waals surface area (Å²) in [6.07, 6.45) is 4.03. The van der Waals surface area contributed by atoms with E-state index < -0.39 is 11.6 Å². The molecule has 2 aromatic rings. The van der Waals surface area contributed by atoms with Crippen molar-refractivity contribution in [3.05, 3.63) is 29.3 Å². The van der Waals surface area contributed by atoms with Gasteiger partial charge in [0, 0.05) is 0 Å². The number of furan rings is 1. The first-order chi connectivity index (χ1) is 13.2. The fraction of sp³-hybridized carbons (Fsp3) is 0.619. The van der Waals surface area contributed by atoms with Crippen molar-refractivity contribution in [3.8, 4) is 11.7 Å². The van der Waals surface area contributed by atoms with Crippen LogP contribution in [0.2, 0.25) is 0 Å². The summed E-state index contributed by atoms with van der Waals surface area (Å²) in [5, 5.41) is 9.17. The topological polar surface area (TPSA) is 94.9 Å². The van der Waals surface area contributed by atoms with Gasteiger partial charge in [-0.05, 0) is 65.0 Å². The van der Waals surface area contributed by atoms with Gasteiger partial charge in [0.2, 0.25) is 0 Å². The third-order valence-corrected chi connectivity index (χ3v) is 5.23. The smallest absolute Gasteiger partial charge is 0.335 e. The summed E-state index contributed by atoms with van der Waals surface area (Å²) >= 11 is 0. The number of nitrogens with zero attached hydrogens (tertiary/aromatic N) is 1. The maximum atomic E-state index is 11.2. The molecule has 0 bridgehead atoms. The Hall–Kier alpha value is -2.12. The van der Waals surface area contributed by atoms with E-state index in [0.717, 1.165) is 42.9 Å². The maximum Gasteiger partial charge on any atom is 0.335 e. The van der Waals surface area contributed by atoms with E-state index in [9.17, 15) is 9.90 Å². The van der Waals surface area contributed by atoms with Crippen LogP contribution in [-0.2, 0) is 20.9 Å². The first kappa shape index (κ1) is 20.6. The molecule has 1 aliphatic carbocycles.